The molecule has 0 amide bonds. The number of hydrogen-bond acceptors (Lipinski definition) is 4. The van der Waals surface area contributed by atoms with E-state index in [-0.39, 0.29) is 10.7 Å². The molecule has 2 nitrogen and oxygen atoms in total. The first-order valence-electron chi connectivity index (χ1n) is 4.01. The molecule has 0 saturated heterocycles. The topological polar surface area (TPSA) is 38.4 Å². The zero-order valence-electron chi connectivity index (χ0n) is 6.92. The summed E-state index contributed by atoms with van der Waals surface area (Å²) in [5.41, 5.74) is 6.90. The van der Waals surface area contributed by atoms with Crippen molar-refractivity contribution in [2.45, 2.75) is 10.7 Å². The first-order chi connectivity index (χ1) is 6.27. The van der Waals surface area contributed by atoms with Crippen LogP contribution >= 0.6 is 24.4 Å². The number of nitrogens with zero attached hydrogens (tertiary/aromatic N) is 1. The van der Waals surface area contributed by atoms with Crippen LogP contribution in [0.4, 0.5) is 0 Å². The SMILES string of the molecule is NC1SC(c2ccccc2)=NC1S. The maximum absolute atomic E-state index is 5.78. The molecule has 0 fully saturated rings. The van der Waals surface area contributed by atoms with Crippen molar-refractivity contribution in [2.75, 3.05) is 0 Å². The van der Waals surface area contributed by atoms with E-state index in [0.29, 0.717) is 0 Å². The van der Waals surface area contributed by atoms with E-state index in [1.807, 2.05) is 30.3 Å². The third-order valence-corrected chi connectivity index (χ3v) is 3.54. The van der Waals surface area contributed by atoms with Gasteiger partial charge in [0.1, 0.15) is 10.4 Å². The molecule has 13 heavy (non-hydrogen) atoms. The zero-order chi connectivity index (χ0) is 9.26. The Balaban J connectivity index is 2.25. The highest BCUT2D eigenvalue weighted by Crippen LogP contribution is 2.28. The molecule has 0 aliphatic carbocycles. The van der Waals surface area contributed by atoms with Gasteiger partial charge in [-0.1, -0.05) is 42.1 Å². The predicted molar refractivity (Wildman–Crippen MR) is 61.3 cm³/mol. The quantitative estimate of drug-likeness (QED) is 0.693. The van der Waals surface area contributed by atoms with Crippen LogP contribution in [0, 0.1) is 0 Å². The molecule has 4 heteroatoms. The molecule has 0 bridgehead atoms. The Hall–Kier alpha value is -0.450. The summed E-state index contributed by atoms with van der Waals surface area (Å²) >= 11 is 5.84. The summed E-state index contributed by atoms with van der Waals surface area (Å²) in [5, 5.41) is 0.909. The first-order valence-corrected chi connectivity index (χ1v) is 5.40. The number of thiol groups is 1. The van der Waals surface area contributed by atoms with Gasteiger partial charge in [-0.25, -0.2) is 0 Å². The van der Waals surface area contributed by atoms with E-state index >= 15 is 0 Å². The van der Waals surface area contributed by atoms with Gasteiger partial charge in [-0.05, 0) is 0 Å². The van der Waals surface area contributed by atoms with E-state index in [4.69, 9.17) is 5.73 Å². The van der Waals surface area contributed by atoms with Gasteiger partial charge >= 0.3 is 0 Å². The molecular weight excluding hydrogens is 200 g/mol. The zero-order valence-corrected chi connectivity index (χ0v) is 8.63. The van der Waals surface area contributed by atoms with E-state index in [0.717, 1.165) is 10.6 Å². The van der Waals surface area contributed by atoms with Gasteiger partial charge in [-0.2, -0.15) is 12.6 Å². The van der Waals surface area contributed by atoms with Crippen LogP contribution in [0.3, 0.4) is 0 Å². The van der Waals surface area contributed by atoms with Crippen LogP contribution < -0.4 is 5.73 Å². The highest BCUT2D eigenvalue weighted by atomic mass is 32.2. The number of benzene rings is 1. The lowest BCUT2D eigenvalue weighted by Crippen LogP contribution is -2.21. The van der Waals surface area contributed by atoms with Gasteiger partial charge in [0.15, 0.2) is 0 Å². The molecule has 1 aromatic carbocycles. The molecule has 2 atom stereocenters. The van der Waals surface area contributed by atoms with Crippen molar-refractivity contribution < 1.29 is 0 Å². The standard InChI is InChI=1S/C9H10N2S2/c10-7-8(12)11-9(13-7)6-4-2-1-3-5-6/h1-5,7-8,12H,10H2. The fourth-order valence-corrected chi connectivity index (χ4v) is 2.40. The molecule has 2 N–H and O–H groups in total. The van der Waals surface area contributed by atoms with E-state index in [1.54, 1.807) is 11.8 Å². The summed E-state index contributed by atoms with van der Waals surface area (Å²) in [5.74, 6) is 0. The third-order valence-electron chi connectivity index (χ3n) is 1.81. The van der Waals surface area contributed by atoms with Crippen molar-refractivity contribution in [3.8, 4) is 0 Å². The minimum Gasteiger partial charge on any atom is -0.317 e. The Bertz CT molecular complexity index is 324. The van der Waals surface area contributed by atoms with Crippen molar-refractivity contribution >= 4 is 29.4 Å². The van der Waals surface area contributed by atoms with Crippen LogP contribution in [-0.4, -0.2) is 15.8 Å². The van der Waals surface area contributed by atoms with Gasteiger partial charge in [-0.15, -0.1) is 0 Å². The summed E-state index contributed by atoms with van der Waals surface area (Å²) in [7, 11) is 0. The summed E-state index contributed by atoms with van der Waals surface area (Å²) < 4.78 is 0. The van der Waals surface area contributed by atoms with E-state index in [1.165, 1.54) is 0 Å². The maximum atomic E-state index is 5.78. The molecule has 1 aromatic rings. The van der Waals surface area contributed by atoms with Gasteiger partial charge in [0, 0.05) is 5.56 Å². The molecule has 2 rings (SSSR count). The van der Waals surface area contributed by atoms with Crippen molar-refractivity contribution in [3.05, 3.63) is 35.9 Å². The van der Waals surface area contributed by atoms with E-state index < -0.39 is 0 Å². The smallest absolute Gasteiger partial charge is 0.119 e. The fourth-order valence-electron chi connectivity index (χ4n) is 1.14. The second-order valence-electron chi connectivity index (χ2n) is 2.80. The lowest BCUT2D eigenvalue weighted by Gasteiger charge is -2.03. The second kappa shape index (κ2) is 3.74. The largest absolute Gasteiger partial charge is 0.317 e. The molecule has 68 valence electrons. The molecule has 1 heterocycles. The van der Waals surface area contributed by atoms with Crippen molar-refractivity contribution in [2.24, 2.45) is 10.7 Å². The van der Waals surface area contributed by atoms with Crippen LogP contribution in [0.5, 0.6) is 0 Å². The van der Waals surface area contributed by atoms with E-state index in [2.05, 4.69) is 17.6 Å². The van der Waals surface area contributed by atoms with Crippen LogP contribution in [0.15, 0.2) is 35.3 Å². The minimum absolute atomic E-state index is 0.0152. The van der Waals surface area contributed by atoms with Crippen LogP contribution in [0.2, 0.25) is 0 Å². The Morgan fingerprint density at radius 2 is 2.00 bits per heavy atom. The molecule has 0 spiro atoms. The number of aliphatic imine (C=N–C) groups is 1. The molecule has 0 radical (unpaired) electrons. The fraction of sp³-hybridized carbons (Fsp3) is 0.222. The van der Waals surface area contributed by atoms with Gasteiger partial charge in [-0.3, -0.25) is 4.99 Å². The highest BCUT2D eigenvalue weighted by Gasteiger charge is 2.24. The lowest BCUT2D eigenvalue weighted by molar-refractivity contribution is 0.882. The predicted octanol–water partition coefficient (Wildman–Crippen LogP) is 1.72. The Kier molecular flexibility index (Phi) is 2.62. The monoisotopic (exact) mass is 210 g/mol. The molecule has 1 aliphatic heterocycles. The van der Waals surface area contributed by atoms with Gasteiger partial charge in [0.05, 0.1) is 5.37 Å². The average Bonchev–Trinajstić information content (AvgIpc) is 2.49. The Morgan fingerprint density at radius 1 is 1.31 bits per heavy atom. The van der Waals surface area contributed by atoms with Gasteiger partial charge < -0.3 is 5.73 Å². The van der Waals surface area contributed by atoms with Crippen LogP contribution in [0.1, 0.15) is 5.56 Å². The molecule has 0 aromatic heterocycles. The van der Waals surface area contributed by atoms with Crippen molar-refractivity contribution in [1.82, 2.24) is 0 Å². The van der Waals surface area contributed by atoms with E-state index in [9.17, 15) is 0 Å². The highest BCUT2D eigenvalue weighted by molar-refractivity contribution is 8.15. The maximum Gasteiger partial charge on any atom is 0.119 e. The minimum atomic E-state index is -0.0693. The third kappa shape index (κ3) is 1.90. The summed E-state index contributed by atoms with van der Waals surface area (Å²) in [6.45, 7) is 0. The Morgan fingerprint density at radius 3 is 2.54 bits per heavy atom. The van der Waals surface area contributed by atoms with Gasteiger partial charge in [0.25, 0.3) is 0 Å². The summed E-state index contributed by atoms with van der Waals surface area (Å²) in [6.07, 6.45) is 0. The van der Waals surface area contributed by atoms with Crippen LogP contribution in [0.25, 0.3) is 0 Å². The van der Waals surface area contributed by atoms with Crippen LogP contribution in [-0.2, 0) is 0 Å². The number of nitrogens with two attached hydrogens (primary N) is 1. The number of hydrogen-bond donors (Lipinski definition) is 2. The number of rotatable bonds is 1. The van der Waals surface area contributed by atoms with Crippen molar-refractivity contribution in [3.63, 3.8) is 0 Å². The summed E-state index contributed by atoms with van der Waals surface area (Å²) in [6, 6.07) is 10.0. The first kappa shape index (κ1) is 9.12. The number of thioether (sulfide) groups is 1. The molecule has 0 saturated carbocycles. The molecule has 1 aliphatic rings. The van der Waals surface area contributed by atoms with Crippen molar-refractivity contribution in [1.29, 1.82) is 0 Å². The Labute approximate surface area is 87.0 Å². The second-order valence-corrected chi connectivity index (χ2v) is 4.49. The average molecular weight is 210 g/mol. The normalized spacial score (nSPS) is 27.4. The lowest BCUT2D eigenvalue weighted by atomic mass is 10.2. The molecular formula is C9H10N2S2. The molecule has 2 unspecified atom stereocenters. The summed E-state index contributed by atoms with van der Waals surface area (Å²) in [4.78, 5) is 4.36. The van der Waals surface area contributed by atoms with Gasteiger partial charge in [0.2, 0.25) is 0 Å².